The maximum absolute atomic E-state index is 5.45. The van der Waals surface area contributed by atoms with Crippen LogP contribution in [0.3, 0.4) is 0 Å². The third kappa shape index (κ3) is 1.13. The SMILES string of the molecule is CC1=[O+]CC(CCl)O1. The Balaban J connectivity index is 2.32. The zero-order valence-electron chi connectivity index (χ0n) is 4.69. The molecule has 0 aromatic rings. The third-order valence-electron chi connectivity index (χ3n) is 0.977. The van der Waals surface area contributed by atoms with Gasteiger partial charge in [0.25, 0.3) is 6.10 Å². The summed E-state index contributed by atoms with van der Waals surface area (Å²) in [4.78, 5) is 0. The molecule has 0 spiro atoms. The lowest BCUT2D eigenvalue weighted by Gasteiger charge is -1.89. The Kier molecular flexibility index (Phi) is 1.73. The van der Waals surface area contributed by atoms with Crippen molar-refractivity contribution in [2.24, 2.45) is 0 Å². The Morgan fingerprint density at radius 3 is 3.00 bits per heavy atom. The summed E-state index contributed by atoms with van der Waals surface area (Å²) in [7, 11) is 0. The van der Waals surface area contributed by atoms with E-state index in [0.29, 0.717) is 18.5 Å². The largest absolute Gasteiger partial charge is 0.482 e. The highest BCUT2D eigenvalue weighted by molar-refractivity contribution is 6.18. The first-order valence-corrected chi connectivity index (χ1v) is 3.05. The van der Waals surface area contributed by atoms with Gasteiger partial charge in [-0.15, -0.1) is 11.6 Å². The Bertz CT molecular complexity index is 111. The van der Waals surface area contributed by atoms with E-state index in [0.717, 1.165) is 0 Å². The minimum atomic E-state index is 0.0802. The molecule has 2 nitrogen and oxygen atoms in total. The van der Waals surface area contributed by atoms with Gasteiger partial charge in [0.1, 0.15) is 0 Å². The highest BCUT2D eigenvalue weighted by atomic mass is 35.5. The summed E-state index contributed by atoms with van der Waals surface area (Å²) in [6, 6.07) is 0. The highest BCUT2D eigenvalue weighted by Gasteiger charge is 2.27. The van der Waals surface area contributed by atoms with Gasteiger partial charge in [-0.25, -0.2) is 0 Å². The van der Waals surface area contributed by atoms with Gasteiger partial charge in [-0.2, -0.15) is 0 Å². The number of esters is 1. The standard InChI is InChI=1S/C5H8ClO2/c1-4-7-3-5(2-6)8-4/h5H,2-3H2,1H3/q+1. The minimum Gasteiger partial charge on any atom is -0.315 e. The van der Waals surface area contributed by atoms with Crippen LogP contribution in [0.2, 0.25) is 0 Å². The molecular weight excluding hydrogens is 128 g/mol. The summed E-state index contributed by atoms with van der Waals surface area (Å²) in [5.41, 5.74) is 0. The molecule has 0 aromatic heterocycles. The molecule has 8 heavy (non-hydrogen) atoms. The monoisotopic (exact) mass is 135 g/mol. The first kappa shape index (κ1) is 5.89. The van der Waals surface area contributed by atoms with Gasteiger partial charge in [0, 0.05) is 0 Å². The van der Waals surface area contributed by atoms with Gasteiger partial charge >= 0.3 is 5.97 Å². The summed E-state index contributed by atoms with van der Waals surface area (Å²) in [6.07, 6.45) is 0.0802. The highest BCUT2D eigenvalue weighted by Crippen LogP contribution is 2.01. The molecule has 1 heterocycles. The topological polar surface area (TPSA) is 20.5 Å². The maximum atomic E-state index is 5.45. The van der Waals surface area contributed by atoms with Crippen molar-refractivity contribution in [2.75, 3.05) is 12.5 Å². The zero-order valence-corrected chi connectivity index (χ0v) is 5.44. The first-order valence-electron chi connectivity index (χ1n) is 2.52. The van der Waals surface area contributed by atoms with Crippen molar-refractivity contribution < 1.29 is 9.16 Å². The molecular formula is C5H8ClO2+. The van der Waals surface area contributed by atoms with Crippen molar-refractivity contribution >= 4 is 17.6 Å². The summed E-state index contributed by atoms with van der Waals surface area (Å²) in [5.74, 6) is 1.15. The normalized spacial score (nSPS) is 27.2. The molecule has 1 aliphatic rings. The molecule has 1 atom stereocenters. The van der Waals surface area contributed by atoms with E-state index >= 15 is 0 Å². The van der Waals surface area contributed by atoms with Crippen molar-refractivity contribution in [3.63, 3.8) is 0 Å². The molecule has 0 aromatic carbocycles. The number of halogens is 1. The molecule has 3 heteroatoms. The minimum absolute atomic E-state index is 0.0802. The summed E-state index contributed by atoms with van der Waals surface area (Å²) >= 11 is 5.45. The van der Waals surface area contributed by atoms with Crippen LogP contribution in [-0.4, -0.2) is 24.6 Å². The quantitative estimate of drug-likeness (QED) is 0.295. The molecule has 0 aliphatic carbocycles. The van der Waals surface area contributed by atoms with Gasteiger partial charge < -0.3 is 9.16 Å². The molecule has 0 fully saturated rings. The summed E-state index contributed by atoms with van der Waals surface area (Å²) in [5, 5.41) is 0. The van der Waals surface area contributed by atoms with Gasteiger partial charge in [-0.05, 0) is 0 Å². The second-order valence-corrected chi connectivity index (χ2v) is 2.01. The van der Waals surface area contributed by atoms with E-state index in [2.05, 4.69) is 0 Å². The molecule has 0 bridgehead atoms. The van der Waals surface area contributed by atoms with E-state index in [1.807, 2.05) is 0 Å². The van der Waals surface area contributed by atoms with E-state index < -0.39 is 0 Å². The smallest absolute Gasteiger partial charge is 0.315 e. The lowest BCUT2D eigenvalue weighted by molar-refractivity contribution is -0.448. The van der Waals surface area contributed by atoms with E-state index in [1.54, 1.807) is 6.92 Å². The fourth-order valence-corrected chi connectivity index (χ4v) is 0.741. The number of rotatable bonds is 1. The predicted octanol–water partition coefficient (Wildman–Crippen LogP) is 0.706. The Labute approximate surface area is 53.1 Å². The van der Waals surface area contributed by atoms with Crippen LogP contribution in [0.1, 0.15) is 6.92 Å². The third-order valence-corrected chi connectivity index (χ3v) is 1.32. The number of cyclic esters (lactones) is 1. The first-order chi connectivity index (χ1) is 3.83. The molecule has 0 saturated carbocycles. The van der Waals surface area contributed by atoms with Crippen LogP contribution in [0.15, 0.2) is 0 Å². The van der Waals surface area contributed by atoms with Gasteiger partial charge in [0.05, 0.1) is 12.8 Å². The van der Waals surface area contributed by atoms with Crippen LogP contribution < -0.4 is 0 Å². The van der Waals surface area contributed by atoms with Crippen molar-refractivity contribution in [1.29, 1.82) is 0 Å². The van der Waals surface area contributed by atoms with Crippen LogP contribution in [0.25, 0.3) is 0 Å². The average molecular weight is 136 g/mol. The molecule has 46 valence electrons. The van der Waals surface area contributed by atoms with Crippen molar-refractivity contribution in [1.82, 2.24) is 0 Å². The Morgan fingerprint density at radius 2 is 2.75 bits per heavy atom. The maximum Gasteiger partial charge on any atom is 0.482 e. The second-order valence-electron chi connectivity index (χ2n) is 1.70. The number of carbonyl (C=O) groups excluding carboxylic acids is 1. The fraction of sp³-hybridized carbons (Fsp3) is 0.800. The molecule has 1 aliphatic heterocycles. The number of hydrogen-bond donors (Lipinski definition) is 0. The molecule has 1 rings (SSSR count). The fourth-order valence-electron chi connectivity index (χ4n) is 0.589. The molecule has 1 unspecified atom stereocenters. The van der Waals surface area contributed by atoms with Crippen molar-refractivity contribution in [3.05, 3.63) is 0 Å². The lowest BCUT2D eigenvalue weighted by Crippen LogP contribution is -2.13. The van der Waals surface area contributed by atoms with E-state index in [-0.39, 0.29) is 6.10 Å². The van der Waals surface area contributed by atoms with E-state index in [1.165, 1.54) is 0 Å². The molecule has 0 saturated heterocycles. The number of alkyl halides is 1. The van der Waals surface area contributed by atoms with Crippen LogP contribution >= 0.6 is 11.6 Å². The van der Waals surface area contributed by atoms with Crippen LogP contribution in [-0.2, 0) is 9.16 Å². The Hall–Kier alpha value is -0.240. The second kappa shape index (κ2) is 2.35. The van der Waals surface area contributed by atoms with Gasteiger partial charge in [0.2, 0.25) is 6.61 Å². The van der Waals surface area contributed by atoms with E-state index in [4.69, 9.17) is 20.8 Å². The van der Waals surface area contributed by atoms with Gasteiger partial charge in [0.15, 0.2) is 0 Å². The van der Waals surface area contributed by atoms with Gasteiger partial charge in [-0.3, -0.25) is 0 Å². The molecule has 0 radical (unpaired) electrons. The molecule has 0 N–H and O–H groups in total. The van der Waals surface area contributed by atoms with Crippen LogP contribution in [0, 0.1) is 0 Å². The van der Waals surface area contributed by atoms with Gasteiger partial charge in [-0.1, -0.05) is 0 Å². The predicted molar refractivity (Wildman–Crippen MR) is 31.1 cm³/mol. The van der Waals surface area contributed by atoms with Crippen LogP contribution in [0.5, 0.6) is 0 Å². The van der Waals surface area contributed by atoms with Crippen molar-refractivity contribution in [3.8, 4) is 0 Å². The number of ether oxygens (including phenoxy) is 1. The van der Waals surface area contributed by atoms with Crippen LogP contribution in [0.4, 0.5) is 0 Å². The van der Waals surface area contributed by atoms with E-state index in [9.17, 15) is 0 Å². The Morgan fingerprint density at radius 1 is 2.00 bits per heavy atom. The van der Waals surface area contributed by atoms with Crippen molar-refractivity contribution in [2.45, 2.75) is 13.0 Å². The summed E-state index contributed by atoms with van der Waals surface area (Å²) < 4.78 is 10.0. The molecule has 0 amide bonds. The zero-order chi connectivity index (χ0) is 5.98. The lowest BCUT2D eigenvalue weighted by atomic mass is 10.4. The summed E-state index contributed by atoms with van der Waals surface area (Å²) in [6.45, 7) is 2.39. The number of hydrogen-bond acceptors (Lipinski definition) is 1. The average Bonchev–Trinajstić information content (AvgIpc) is 2.14.